The molecule has 2 aliphatic rings. The smallest absolute Gasteiger partial charge is 0.241 e. The third-order valence-electron chi connectivity index (χ3n) is 5.62. The van der Waals surface area contributed by atoms with Crippen LogP contribution in [0.4, 0.5) is 0 Å². The predicted octanol–water partition coefficient (Wildman–Crippen LogP) is 1.53. The molecule has 1 aliphatic carbocycles. The largest absolute Gasteiger partial charge is 0.347 e. The average Bonchev–Trinajstić information content (AvgIpc) is 3.07. The molecule has 136 valence electrons. The van der Waals surface area contributed by atoms with Gasteiger partial charge in [-0.05, 0) is 36.8 Å². The summed E-state index contributed by atoms with van der Waals surface area (Å²) < 4.78 is 0. The molecule has 6 nitrogen and oxygen atoms in total. The van der Waals surface area contributed by atoms with Crippen molar-refractivity contribution in [1.29, 1.82) is 0 Å². The van der Waals surface area contributed by atoms with Gasteiger partial charge in [0, 0.05) is 52.0 Å². The molecule has 0 atom stereocenters. The van der Waals surface area contributed by atoms with Crippen LogP contribution in [0.1, 0.15) is 31.4 Å². The number of hydrogen-bond donors (Lipinski definition) is 1. The van der Waals surface area contributed by atoms with E-state index in [4.69, 9.17) is 0 Å². The van der Waals surface area contributed by atoms with Crippen LogP contribution in [0.2, 0.25) is 0 Å². The lowest BCUT2D eigenvalue weighted by molar-refractivity contribution is -0.128. The number of aliphatic imine (C=N–C) groups is 1. The number of carbonyl (C=O) groups excluding carboxylic acids is 1. The lowest BCUT2D eigenvalue weighted by atomic mass is 9.68. The highest BCUT2D eigenvalue weighted by atomic mass is 16.2. The highest BCUT2D eigenvalue weighted by Crippen LogP contribution is 2.47. The van der Waals surface area contributed by atoms with Crippen LogP contribution in [0.5, 0.6) is 0 Å². The summed E-state index contributed by atoms with van der Waals surface area (Å²) in [5.74, 6) is 0.935. The van der Waals surface area contributed by atoms with Crippen molar-refractivity contribution in [2.45, 2.75) is 32.1 Å². The molecule has 2 fully saturated rings. The van der Waals surface area contributed by atoms with Crippen molar-refractivity contribution in [3.8, 4) is 0 Å². The van der Waals surface area contributed by atoms with Gasteiger partial charge in [-0.25, -0.2) is 0 Å². The molecule has 3 rings (SSSR count). The molecule has 1 saturated carbocycles. The number of nitrogens with zero attached hydrogens (tertiary/aromatic N) is 4. The first-order valence-corrected chi connectivity index (χ1v) is 9.21. The minimum absolute atomic E-state index is 0.0784. The Labute approximate surface area is 150 Å². The Morgan fingerprint density at radius 3 is 2.84 bits per heavy atom. The number of nitrogens with one attached hydrogen (secondary N) is 1. The predicted molar refractivity (Wildman–Crippen MR) is 99.4 cm³/mol. The topological polar surface area (TPSA) is 60.8 Å². The SMILES string of the molecule is CN=C(NCC(=O)N(C)CCc1ccccn1)N1CCC2(CCC2)C1. The summed E-state index contributed by atoms with van der Waals surface area (Å²) in [6.07, 6.45) is 7.86. The molecule has 0 bridgehead atoms. The monoisotopic (exact) mass is 343 g/mol. The van der Waals surface area contributed by atoms with E-state index < -0.39 is 0 Å². The van der Waals surface area contributed by atoms with E-state index >= 15 is 0 Å². The van der Waals surface area contributed by atoms with Crippen molar-refractivity contribution >= 4 is 11.9 Å². The highest BCUT2D eigenvalue weighted by Gasteiger charge is 2.43. The molecular formula is C19H29N5O. The van der Waals surface area contributed by atoms with Gasteiger partial charge in [0.25, 0.3) is 0 Å². The first-order chi connectivity index (χ1) is 12.1. The van der Waals surface area contributed by atoms with Gasteiger partial charge in [-0.2, -0.15) is 0 Å². The van der Waals surface area contributed by atoms with Gasteiger partial charge in [0.1, 0.15) is 0 Å². The molecule has 1 aliphatic heterocycles. The number of guanidine groups is 1. The van der Waals surface area contributed by atoms with Crippen LogP contribution < -0.4 is 5.32 Å². The minimum Gasteiger partial charge on any atom is -0.347 e. The van der Waals surface area contributed by atoms with Gasteiger partial charge in [0.15, 0.2) is 5.96 Å². The maximum atomic E-state index is 12.4. The molecule has 1 N–H and O–H groups in total. The van der Waals surface area contributed by atoms with Gasteiger partial charge in [-0.15, -0.1) is 0 Å². The van der Waals surface area contributed by atoms with E-state index in [1.54, 1.807) is 18.1 Å². The van der Waals surface area contributed by atoms with Gasteiger partial charge in [0.05, 0.1) is 6.54 Å². The number of amides is 1. The molecule has 2 heterocycles. The summed E-state index contributed by atoms with van der Waals surface area (Å²) in [4.78, 5) is 25.1. The summed E-state index contributed by atoms with van der Waals surface area (Å²) in [6.45, 7) is 3.08. The van der Waals surface area contributed by atoms with Crippen molar-refractivity contribution in [2.24, 2.45) is 10.4 Å². The molecule has 1 spiro atoms. The molecule has 1 aromatic rings. The second-order valence-corrected chi connectivity index (χ2v) is 7.31. The number of aromatic nitrogens is 1. The van der Waals surface area contributed by atoms with E-state index in [0.717, 1.165) is 31.2 Å². The first kappa shape index (κ1) is 17.7. The second kappa shape index (κ2) is 7.85. The van der Waals surface area contributed by atoms with Gasteiger partial charge in [-0.1, -0.05) is 12.5 Å². The first-order valence-electron chi connectivity index (χ1n) is 9.21. The van der Waals surface area contributed by atoms with Crippen LogP contribution in [0.15, 0.2) is 29.4 Å². The third kappa shape index (κ3) is 4.30. The summed E-state index contributed by atoms with van der Waals surface area (Å²) >= 11 is 0. The van der Waals surface area contributed by atoms with E-state index in [0.29, 0.717) is 12.0 Å². The normalized spacial score (nSPS) is 19.0. The number of pyridine rings is 1. The van der Waals surface area contributed by atoms with Gasteiger partial charge >= 0.3 is 0 Å². The van der Waals surface area contributed by atoms with Gasteiger partial charge < -0.3 is 15.1 Å². The Bertz CT molecular complexity index is 612. The number of hydrogen-bond acceptors (Lipinski definition) is 3. The van der Waals surface area contributed by atoms with Crippen molar-refractivity contribution in [1.82, 2.24) is 20.1 Å². The zero-order valence-corrected chi connectivity index (χ0v) is 15.4. The lowest BCUT2D eigenvalue weighted by Crippen LogP contribution is -2.46. The molecular weight excluding hydrogens is 314 g/mol. The van der Waals surface area contributed by atoms with Crippen LogP contribution in [0.3, 0.4) is 0 Å². The molecule has 0 aromatic carbocycles. The molecule has 25 heavy (non-hydrogen) atoms. The summed E-state index contributed by atoms with van der Waals surface area (Å²) in [7, 11) is 3.64. The van der Waals surface area contributed by atoms with E-state index in [1.807, 2.05) is 25.2 Å². The molecule has 1 amide bonds. The standard InChI is InChI=1S/C19H29N5O/c1-20-18(24-13-10-19(15-24)8-5-9-19)22-14-17(25)23(2)12-7-16-6-3-4-11-21-16/h3-4,6,11H,5,7-10,12-15H2,1-2H3,(H,20,22). The quantitative estimate of drug-likeness (QED) is 0.651. The van der Waals surface area contributed by atoms with Crippen molar-refractivity contribution in [2.75, 3.05) is 40.3 Å². The van der Waals surface area contributed by atoms with E-state index in [2.05, 4.69) is 20.2 Å². The Morgan fingerprint density at radius 2 is 2.24 bits per heavy atom. The van der Waals surface area contributed by atoms with Crippen LogP contribution in [-0.4, -0.2) is 66.9 Å². The molecule has 1 saturated heterocycles. The van der Waals surface area contributed by atoms with Crippen LogP contribution in [0.25, 0.3) is 0 Å². The van der Waals surface area contributed by atoms with E-state index in [1.165, 1.54) is 25.7 Å². The molecule has 6 heteroatoms. The Morgan fingerprint density at radius 1 is 1.40 bits per heavy atom. The third-order valence-corrected chi connectivity index (χ3v) is 5.62. The van der Waals surface area contributed by atoms with Crippen molar-refractivity contribution in [3.63, 3.8) is 0 Å². The number of rotatable bonds is 5. The number of likely N-dealkylation sites (N-methyl/N-ethyl adjacent to an activating group) is 1. The fourth-order valence-corrected chi connectivity index (χ4v) is 3.78. The number of likely N-dealkylation sites (tertiary alicyclic amines) is 1. The maximum absolute atomic E-state index is 12.4. The number of carbonyl (C=O) groups is 1. The fourth-order valence-electron chi connectivity index (χ4n) is 3.78. The Hall–Kier alpha value is -2.11. The van der Waals surface area contributed by atoms with E-state index in [9.17, 15) is 4.79 Å². The Balaban J connectivity index is 1.42. The van der Waals surface area contributed by atoms with Gasteiger partial charge in [0.2, 0.25) is 5.91 Å². The highest BCUT2D eigenvalue weighted by molar-refractivity contribution is 5.86. The fraction of sp³-hybridized carbons (Fsp3) is 0.632. The summed E-state index contributed by atoms with van der Waals surface area (Å²) in [5.41, 5.74) is 1.54. The van der Waals surface area contributed by atoms with Crippen molar-refractivity contribution < 1.29 is 4.79 Å². The van der Waals surface area contributed by atoms with Crippen molar-refractivity contribution in [3.05, 3.63) is 30.1 Å². The average molecular weight is 343 g/mol. The maximum Gasteiger partial charge on any atom is 0.241 e. The second-order valence-electron chi connectivity index (χ2n) is 7.31. The summed E-state index contributed by atoms with van der Waals surface area (Å²) in [6, 6.07) is 5.86. The lowest BCUT2D eigenvalue weighted by Gasteiger charge is -2.38. The zero-order valence-electron chi connectivity index (χ0n) is 15.4. The Kier molecular flexibility index (Phi) is 5.56. The summed E-state index contributed by atoms with van der Waals surface area (Å²) in [5, 5.41) is 3.25. The van der Waals surface area contributed by atoms with Crippen LogP contribution >= 0.6 is 0 Å². The molecule has 0 unspecified atom stereocenters. The molecule has 1 aromatic heterocycles. The minimum atomic E-state index is 0.0784. The van der Waals surface area contributed by atoms with Gasteiger partial charge in [-0.3, -0.25) is 14.8 Å². The van der Waals surface area contributed by atoms with Crippen LogP contribution in [-0.2, 0) is 11.2 Å². The van der Waals surface area contributed by atoms with E-state index in [-0.39, 0.29) is 12.5 Å². The molecule has 0 radical (unpaired) electrons. The zero-order chi connectivity index (χ0) is 17.7. The van der Waals surface area contributed by atoms with Crippen LogP contribution in [0, 0.1) is 5.41 Å².